The fourth-order valence-electron chi connectivity index (χ4n) is 2.19. The Kier molecular flexibility index (Phi) is 4.08. The first-order valence-corrected chi connectivity index (χ1v) is 8.09. The van der Waals surface area contributed by atoms with Crippen molar-refractivity contribution in [1.29, 1.82) is 0 Å². The van der Waals surface area contributed by atoms with Crippen LogP contribution in [-0.4, -0.2) is 21.7 Å². The Morgan fingerprint density at radius 3 is 2.14 bits per heavy atom. The van der Waals surface area contributed by atoms with Gasteiger partial charge in [0.25, 0.3) is 0 Å². The van der Waals surface area contributed by atoms with Crippen molar-refractivity contribution in [3.8, 4) is 5.75 Å². The van der Waals surface area contributed by atoms with Crippen LogP contribution in [0.3, 0.4) is 0 Å². The van der Waals surface area contributed by atoms with Crippen LogP contribution >= 0.6 is 10.7 Å². The molecule has 0 aliphatic rings. The monoisotopic (exact) mass is 338 g/mol. The number of rotatable bonds is 3. The standard InChI is InChI=1S/C13H10ClF3O3S/c1-20-11-7-6-10(8-4-2-3-5-9(8)11)12(13(15,16)17)21(14,18)19/h2-7,12H,1H3. The van der Waals surface area contributed by atoms with E-state index in [1.807, 2.05) is 0 Å². The molecule has 2 rings (SSSR count). The van der Waals surface area contributed by atoms with Crippen molar-refractivity contribution in [2.75, 3.05) is 7.11 Å². The van der Waals surface area contributed by atoms with E-state index in [0.29, 0.717) is 11.1 Å². The molecule has 0 saturated carbocycles. The van der Waals surface area contributed by atoms with Gasteiger partial charge in [0.2, 0.25) is 9.05 Å². The van der Waals surface area contributed by atoms with Crippen molar-refractivity contribution < 1.29 is 26.3 Å². The molecule has 0 bridgehead atoms. The lowest BCUT2D eigenvalue weighted by molar-refractivity contribution is -0.130. The van der Waals surface area contributed by atoms with E-state index in [4.69, 9.17) is 15.4 Å². The highest BCUT2D eigenvalue weighted by atomic mass is 35.7. The van der Waals surface area contributed by atoms with Crippen molar-refractivity contribution in [3.63, 3.8) is 0 Å². The van der Waals surface area contributed by atoms with Gasteiger partial charge in [-0.1, -0.05) is 30.3 Å². The summed E-state index contributed by atoms with van der Waals surface area (Å²) in [6, 6.07) is 8.43. The van der Waals surface area contributed by atoms with Crippen LogP contribution in [0.4, 0.5) is 13.2 Å². The maximum atomic E-state index is 13.1. The molecular formula is C13H10ClF3O3S. The van der Waals surface area contributed by atoms with Crippen molar-refractivity contribution in [3.05, 3.63) is 42.0 Å². The van der Waals surface area contributed by atoms with Crippen LogP contribution < -0.4 is 4.74 Å². The average molecular weight is 339 g/mol. The lowest BCUT2D eigenvalue weighted by Crippen LogP contribution is -2.26. The second-order valence-electron chi connectivity index (χ2n) is 4.30. The Hall–Kier alpha value is -1.47. The molecule has 1 unspecified atom stereocenters. The second-order valence-corrected chi connectivity index (χ2v) is 7.01. The summed E-state index contributed by atoms with van der Waals surface area (Å²) in [5.41, 5.74) is -0.422. The number of hydrogen-bond acceptors (Lipinski definition) is 3. The zero-order valence-electron chi connectivity index (χ0n) is 10.7. The molecule has 8 heteroatoms. The summed E-state index contributed by atoms with van der Waals surface area (Å²) in [6.07, 6.45) is -5.02. The fourth-order valence-corrected chi connectivity index (χ4v) is 3.61. The van der Waals surface area contributed by atoms with E-state index >= 15 is 0 Å². The number of benzene rings is 2. The average Bonchev–Trinajstić information content (AvgIpc) is 2.36. The molecule has 0 radical (unpaired) electrons. The van der Waals surface area contributed by atoms with E-state index in [2.05, 4.69) is 0 Å². The first kappa shape index (κ1) is 15.9. The molecule has 0 aliphatic carbocycles. The molecular weight excluding hydrogens is 329 g/mol. The predicted octanol–water partition coefficient (Wildman–Crippen LogP) is 4.02. The Morgan fingerprint density at radius 1 is 1.10 bits per heavy atom. The number of ether oxygens (including phenoxy) is 1. The summed E-state index contributed by atoms with van der Waals surface area (Å²) >= 11 is 0. The van der Waals surface area contributed by atoms with Crippen LogP contribution in [0.1, 0.15) is 10.8 Å². The van der Waals surface area contributed by atoms with Gasteiger partial charge in [-0.3, -0.25) is 0 Å². The molecule has 2 aromatic carbocycles. The summed E-state index contributed by atoms with van der Waals surface area (Å²) in [7, 11) is 1.51. The van der Waals surface area contributed by atoms with Gasteiger partial charge in [0.1, 0.15) is 5.75 Å². The van der Waals surface area contributed by atoms with Gasteiger partial charge in [-0.05, 0) is 17.0 Å². The smallest absolute Gasteiger partial charge is 0.410 e. The Morgan fingerprint density at radius 2 is 1.67 bits per heavy atom. The second kappa shape index (κ2) is 5.38. The molecule has 0 amide bonds. The first-order chi connectivity index (χ1) is 9.66. The van der Waals surface area contributed by atoms with E-state index in [9.17, 15) is 21.6 Å². The first-order valence-electron chi connectivity index (χ1n) is 5.72. The van der Waals surface area contributed by atoms with Crippen LogP contribution in [0, 0.1) is 0 Å². The van der Waals surface area contributed by atoms with Gasteiger partial charge in [0.15, 0.2) is 5.25 Å². The summed E-state index contributed by atoms with van der Waals surface area (Å²) in [4.78, 5) is 0. The molecule has 21 heavy (non-hydrogen) atoms. The summed E-state index contributed by atoms with van der Waals surface area (Å²) < 4.78 is 67.2. The van der Waals surface area contributed by atoms with E-state index in [1.54, 1.807) is 12.1 Å². The van der Waals surface area contributed by atoms with Gasteiger partial charge < -0.3 is 4.74 Å². The van der Waals surface area contributed by atoms with Gasteiger partial charge in [-0.2, -0.15) is 13.2 Å². The SMILES string of the molecule is COc1ccc(C(C(F)(F)F)S(=O)(=O)Cl)c2ccccc12. The molecule has 0 spiro atoms. The molecule has 1 atom stereocenters. The zero-order valence-corrected chi connectivity index (χ0v) is 12.3. The van der Waals surface area contributed by atoms with Gasteiger partial charge in [-0.15, -0.1) is 0 Å². The highest BCUT2D eigenvalue weighted by molar-refractivity contribution is 8.14. The van der Waals surface area contributed by atoms with Gasteiger partial charge in [0, 0.05) is 16.1 Å². The molecule has 0 aliphatic heterocycles. The van der Waals surface area contributed by atoms with Crippen molar-refractivity contribution in [1.82, 2.24) is 0 Å². The van der Waals surface area contributed by atoms with Crippen molar-refractivity contribution >= 4 is 30.5 Å². The fraction of sp³-hybridized carbons (Fsp3) is 0.231. The molecule has 114 valence electrons. The summed E-state index contributed by atoms with van der Waals surface area (Å²) in [5, 5.41) is -2.28. The minimum Gasteiger partial charge on any atom is -0.496 e. The van der Waals surface area contributed by atoms with Crippen LogP contribution in [0.5, 0.6) is 5.75 Å². The minimum atomic E-state index is -5.02. The number of methoxy groups -OCH3 is 1. The summed E-state index contributed by atoms with van der Waals surface area (Å²) in [5.74, 6) is 0.349. The zero-order chi connectivity index (χ0) is 15.8. The molecule has 0 N–H and O–H groups in total. The maximum absolute atomic E-state index is 13.1. The minimum absolute atomic E-state index is 0.128. The Bertz CT molecular complexity index is 772. The largest absolute Gasteiger partial charge is 0.496 e. The van der Waals surface area contributed by atoms with Crippen LogP contribution in [0.15, 0.2) is 36.4 Å². The lowest BCUT2D eigenvalue weighted by atomic mass is 10.0. The number of halogens is 4. The third kappa shape index (κ3) is 3.08. The quantitative estimate of drug-likeness (QED) is 0.794. The molecule has 3 nitrogen and oxygen atoms in total. The Labute approximate surface area is 123 Å². The van der Waals surface area contributed by atoms with Gasteiger partial charge >= 0.3 is 6.18 Å². The molecule has 0 saturated heterocycles. The van der Waals surface area contributed by atoms with Gasteiger partial charge in [0.05, 0.1) is 7.11 Å². The van der Waals surface area contributed by atoms with Crippen LogP contribution in [0.25, 0.3) is 10.8 Å². The van der Waals surface area contributed by atoms with E-state index < -0.39 is 26.0 Å². The predicted molar refractivity (Wildman–Crippen MR) is 74.1 cm³/mol. The normalized spacial score (nSPS) is 14.1. The highest BCUT2D eigenvalue weighted by Crippen LogP contribution is 2.44. The third-order valence-corrected chi connectivity index (χ3v) is 4.62. The lowest BCUT2D eigenvalue weighted by Gasteiger charge is -2.20. The maximum Gasteiger partial charge on any atom is 0.410 e. The van der Waals surface area contributed by atoms with E-state index in [-0.39, 0.29) is 5.39 Å². The van der Waals surface area contributed by atoms with E-state index in [1.165, 1.54) is 25.3 Å². The van der Waals surface area contributed by atoms with Gasteiger partial charge in [-0.25, -0.2) is 8.42 Å². The molecule has 0 aromatic heterocycles. The van der Waals surface area contributed by atoms with Crippen LogP contribution in [0.2, 0.25) is 0 Å². The van der Waals surface area contributed by atoms with Crippen molar-refractivity contribution in [2.45, 2.75) is 11.4 Å². The van der Waals surface area contributed by atoms with E-state index in [0.717, 1.165) is 6.07 Å². The number of alkyl halides is 3. The molecule has 0 fully saturated rings. The topological polar surface area (TPSA) is 43.4 Å². The molecule has 0 heterocycles. The van der Waals surface area contributed by atoms with Crippen LogP contribution in [-0.2, 0) is 9.05 Å². The third-order valence-electron chi connectivity index (χ3n) is 3.00. The highest BCUT2D eigenvalue weighted by Gasteiger charge is 2.49. The summed E-state index contributed by atoms with van der Waals surface area (Å²) in [6.45, 7) is 0. The number of fused-ring (bicyclic) bond motifs is 1. The number of hydrogen-bond donors (Lipinski definition) is 0. The molecule has 2 aromatic rings. The van der Waals surface area contributed by atoms with Crippen molar-refractivity contribution in [2.24, 2.45) is 0 Å². The Balaban J connectivity index is 2.83.